The molecule has 0 saturated carbocycles. The lowest BCUT2D eigenvalue weighted by Crippen LogP contribution is -2.18. The van der Waals surface area contributed by atoms with Crippen LogP contribution in [0.2, 0.25) is 0 Å². The molecule has 0 unspecified atom stereocenters. The summed E-state index contributed by atoms with van der Waals surface area (Å²) in [5.74, 6) is 5.29. The number of rotatable bonds is 5. The van der Waals surface area contributed by atoms with Crippen molar-refractivity contribution in [3.8, 4) is 11.8 Å². The van der Waals surface area contributed by atoms with Crippen molar-refractivity contribution in [1.82, 2.24) is 0 Å². The smallest absolute Gasteiger partial charge is 0.210 e. The van der Waals surface area contributed by atoms with E-state index in [9.17, 15) is 15.2 Å². The van der Waals surface area contributed by atoms with Crippen LogP contribution in [0, 0.1) is 22.0 Å². The highest BCUT2D eigenvalue weighted by atomic mass is 16.6. The summed E-state index contributed by atoms with van der Waals surface area (Å²) in [4.78, 5) is 10.5. The summed E-state index contributed by atoms with van der Waals surface area (Å²) >= 11 is 0. The van der Waals surface area contributed by atoms with Crippen LogP contribution in [0.1, 0.15) is 23.5 Å². The van der Waals surface area contributed by atoms with Gasteiger partial charge in [0.25, 0.3) is 0 Å². The van der Waals surface area contributed by atoms with Gasteiger partial charge in [0.2, 0.25) is 6.54 Å². The first kappa shape index (κ1) is 15.7. The van der Waals surface area contributed by atoms with E-state index in [-0.39, 0.29) is 23.8 Å². The average Bonchev–Trinajstić information content (AvgIpc) is 2.54. The molecule has 0 aromatic heterocycles. The third kappa shape index (κ3) is 5.04. The standard InChI is InChI=1S/C18H17NO3/c20-18(12-11-15-7-3-1-4-8-15)13-17(14-19(21)22)16-9-5-2-6-10-16/h1-10,17-18,20H,13-14H2/t17-,18+/m0/s1. The summed E-state index contributed by atoms with van der Waals surface area (Å²) in [6.07, 6.45) is -0.657. The van der Waals surface area contributed by atoms with Crippen LogP contribution in [0.3, 0.4) is 0 Å². The maximum Gasteiger partial charge on any atom is 0.210 e. The topological polar surface area (TPSA) is 63.4 Å². The van der Waals surface area contributed by atoms with Crippen molar-refractivity contribution >= 4 is 0 Å². The lowest BCUT2D eigenvalue weighted by molar-refractivity contribution is -0.483. The molecule has 0 saturated heterocycles. The highest BCUT2D eigenvalue weighted by Gasteiger charge is 2.20. The number of hydrogen-bond acceptors (Lipinski definition) is 3. The van der Waals surface area contributed by atoms with E-state index in [0.717, 1.165) is 11.1 Å². The van der Waals surface area contributed by atoms with Gasteiger partial charge in [-0.1, -0.05) is 60.4 Å². The van der Waals surface area contributed by atoms with Crippen LogP contribution in [0.25, 0.3) is 0 Å². The van der Waals surface area contributed by atoms with Crippen molar-refractivity contribution in [3.63, 3.8) is 0 Å². The summed E-state index contributed by atoms with van der Waals surface area (Å²) in [6, 6.07) is 18.6. The minimum atomic E-state index is -0.898. The molecular formula is C18H17NO3. The zero-order valence-corrected chi connectivity index (χ0v) is 12.1. The predicted octanol–water partition coefficient (Wildman–Crippen LogP) is 2.85. The van der Waals surface area contributed by atoms with E-state index in [1.54, 1.807) is 0 Å². The summed E-state index contributed by atoms with van der Waals surface area (Å²) in [5.41, 5.74) is 1.66. The number of nitrogens with zero attached hydrogens (tertiary/aromatic N) is 1. The Balaban J connectivity index is 2.07. The van der Waals surface area contributed by atoms with E-state index < -0.39 is 6.10 Å². The van der Waals surface area contributed by atoms with Gasteiger partial charge in [-0.2, -0.15) is 0 Å². The molecule has 2 atom stereocenters. The molecule has 22 heavy (non-hydrogen) atoms. The van der Waals surface area contributed by atoms with Crippen molar-refractivity contribution in [2.75, 3.05) is 6.54 Å². The predicted molar refractivity (Wildman–Crippen MR) is 85.0 cm³/mol. The SMILES string of the molecule is O=[N+]([O-])C[C@H](C[C@H](O)C#Cc1ccccc1)c1ccccc1. The number of aliphatic hydroxyl groups is 1. The fourth-order valence-corrected chi connectivity index (χ4v) is 2.24. The molecule has 4 heteroatoms. The van der Waals surface area contributed by atoms with E-state index in [4.69, 9.17) is 0 Å². The molecule has 2 aromatic carbocycles. The largest absolute Gasteiger partial charge is 0.380 e. The van der Waals surface area contributed by atoms with Crippen LogP contribution < -0.4 is 0 Å². The Morgan fingerprint density at radius 2 is 1.64 bits per heavy atom. The zero-order chi connectivity index (χ0) is 15.8. The van der Waals surface area contributed by atoms with Crippen molar-refractivity contribution in [3.05, 3.63) is 81.9 Å². The molecule has 2 rings (SSSR count). The summed E-state index contributed by atoms with van der Waals surface area (Å²) in [5, 5.41) is 20.9. The number of aliphatic hydroxyl groups excluding tert-OH is 1. The van der Waals surface area contributed by atoms with Gasteiger partial charge in [0.15, 0.2) is 0 Å². The number of nitro groups is 1. The lowest BCUT2D eigenvalue weighted by atomic mass is 9.93. The fraction of sp³-hybridized carbons (Fsp3) is 0.222. The maximum absolute atomic E-state index is 10.8. The first-order valence-electron chi connectivity index (χ1n) is 7.06. The van der Waals surface area contributed by atoms with Crippen molar-refractivity contribution in [1.29, 1.82) is 0 Å². The van der Waals surface area contributed by atoms with Gasteiger partial charge < -0.3 is 5.11 Å². The Kier molecular flexibility index (Phi) is 5.70. The molecule has 0 spiro atoms. The van der Waals surface area contributed by atoms with E-state index in [0.29, 0.717) is 0 Å². The molecule has 0 amide bonds. The van der Waals surface area contributed by atoms with Crippen molar-refractivity contribution in [2.45, 2.75) is 18.4 Å². The molecule has 0 heterocycles. The highest BCUT2D eigenvalue weighted by Crippen LogP contribution is 2.21. The van der Waals surface area contributed by atoms with E-state index >= 15 is 0 Å². The fourth-order valence-electron chi connectivity index (χ4n) is 2.24. The average molecular weight is 295 g/mol. The summed E-state index contributed by atoms with van der Waals surface area (Å²) < 4.78 is 0. The van der Waals surface area contributed by atoms with Gasteiger partial charge in [0, 0.05) is 10.5 Å². The van der Waals surface area contributed by atoms with E-state index in [1.165, 1.54) is 0 Å². The Bertz CT molecular complexity index is 659. The van der Waals surface area contributed by atoms with Crippen LogP contribution in [-0.4, -0.2) is 22.7 Å². The monoisotopic (exact) mass is 295 g/mol. The van der Waals surface area contributed by atoms with E-state index in [2.05, 4.69) is 11.8 Å². The second-order valence-corrected chi connectivity index (χ2v) is 5.01. The molecule has 112 valence electrons. The van der Waals surface area contributed by atoms with Crippen LogP contribution in [-0.2, 0) is 0 Å². The number of benzene rings is 2. The first-order valence-corrected chi connectivity index (χ1v) is 7.06. The third-order valence-corrected chi connectivity index (χ3v) is 3.31. The molecule has 0 aliphatic heterocycles. The summed E-state index contributed by atoms with van der Waals surface area (Å²) in [7, 11) is 0. The molecule has 2 aromatic rings. The van der Waals surface area contributed by atoms with Crippen LogP contribution in [0.5, 0.6) is 0 Å². The molecule has 4 nitrogen and oxygen atoms in total. The normalized spacial score (nSPS) is 12.8. The van der Waals surface area contributed by atoms with Crippen LogP contribution >= 0.6 is 0 Å². The second kappa shape index (κ2) is 7.96. The van der Waals surface area contributed by atoms with Gasteiger partial charge in [0.05, 0.1) is 5.92 Å². The van der Waals surface area contributed by atoms with Gasteiger partial charge in [-0.05, 0) is 24.1 Å². The first-order chi connectivity index (χ1) is 10.6. The Morgan fingerprint density at radius 1 is 1.05 bits per heavy atom. The second-order valence-electron chi connectivity index (χ2n) is 5.01. The number of hydrogen-bond donors (Lipinski definition) is 1. The highest BCUT2D eigenvalue weighted by molar-refractivity contribution is 5.34. The Hall–Kier alpha value is -2.64. The van der Waals surface area contributed by atoms with Gasteiger partial charge >= 0.3 is 0 Å². The van der Waals surface area contributed by atoms with Gasteiger partial charge in [0.1, 0.15) is 6.10 Å². The molecule has 0 fully saturated rings. The Morgan fingerprint density at radius 3 is 2.23 bits per heavy atom. The molecule has 0 aliphatic carbocycles. The van der Waals surface area contributed by atoms with Crippen molar-refractivity contribution in [2.24, 2.45) is 0 Å². The molecule has 0 bridgehead atoms. The van der Waals surface area contributed by atoms with Crippen molar-refractivity contribution < 1.29 is 10.0 Å². The molecular weight excluding hydrogens is 278 g/mol. The van der Waals surface area contributed by atoms with Gasteiger partial charge in [-0.25, -0.2) is 0 Å². The third-order valence-electron chi connectivity index (χ3n) is 3.31. The molecule has 0 aliphatic rings. The van der Waals surface area contributed by atoms with E-state index in [1.807, 2.05) is 60.7 Å². The van der Waals surface area contributed by atoms with Crippen LogP contribution in [0.4, 0.5) is 0 Å². The zero-order valence-electron chi connectivity index (χ0n) is 12.1. The molecule has 1 N–H and O–H groups in total. The van der Waals surface area contributed by atoms with Gasteiger partial charge in [-0.3, -0.25) is 10.1 Å². The quantitative estimate of drug-likeness (QED) is 0.524. The van der Waals surface area contributed by atoms with Gasteiger partial charge in [-0.15, -0.1) is 0 Å². The molecule has 0 radical (unpaired) electrons. The Labute approximate surface area is 129 Å². The maximum atomic E-state index is 10.8. The lowest BCUT2D eigenvalue weighted by Gasteiger charge is -2.14. The van der Waals surface area contributed by atoms with Crippen LogP contribution in [0.15, 0.2) is 60.7 Å². The minimum absolute atomic E-state index is 0.214. The summed E-state index contributed by atoms with van der Waals surface area (Å²) in [6.45, 7) is -0.214. The minimum Gasteiger partial charge on any atom is -0.380 e.